The van der Waals surface area contributed by atoms with Gasteiger partial charge in [0.05, 0.1) is 18.4 Å². The number of hydrogen-bond acceptors (Lipinski definition) is 4. The highest BCUT2D eigenvalue weighted by Crippen LogP contribution is 2.12. The summed E-state index contributed by atoms with van der Waals surface area (Å²) in [6.07, 6.45) is 4.77. The zero-order valence-electron chi connectivity index (χ0n) is 11.9. The van der Waals surface area contributed by atoms with Crippen LogP contribution in [0.15, 0.2) is 24.5 Å². The molecule has 0 radical (unpaired) electrons. The standard InChI is InChI=1S/C13H16N2O2.CH5N/c1-9(2)6-11-8-15-5-4-10(13(16)17-3)7-12(15)14-11;1-2/h4-5,7-9H,6H2,1-3H3;2H2,1H3. The van der Waals surface area contributed by atoms with Gasteiger partial charge in [-0.15, -0.1) is 0 Å². The van der Waals surface area contributed by atoms with E-state index in [2.05, 4.69) is 29.3 Å². The Morgan fingerprint density at radius 2 is 2.16 bits per heavy atom. The maximum absolute atomic E-state index is 11.4. The monoisotopic (exact) mass is 263 g/mol. The van der Waals surface area contributed by atoms with E-state index in [9.17, 15) is 4.79 Å². The molecule has 2 aromatic heterocycles. The van der Waals surface area contributed by atoms with Crippen LogP contribution in [0, 0.1) is 5.92 Å². The summed E-state index contributed by atoms with van der Waals surface area (Å²) in [6.45, 7) is 4.31. The van der Waals surface area contributed by atoms with Gasteiger partial charge in [-0.1, -0.05) is 13.8 Å². The molecule has 0 bridgehead atoms. The van der Waals surface area contributed by atoms with E-state index in [1.807, 2.05) is 16.8 Å². The van der Waals surface area contributed by atoms with Gasteiger partial charge in [0, 0.05) is 12.4 Å². The summed E-state index contributed by atoms with van der Waals surface area (Å²) in [7, 11) is 2.88. The summed E-state index contributed by atoms with van der Waals surface area (Å²) >= 11 is 0. The third kappa shape index (κ3) is 3.79. The van der Waals surface area contributed by atoms with Gasteiger partial charge in [-0.25, -0.2) is 9.78 Å². The lowest BCUT2D eigenvalue weighted by Gasteiger charge is -1.98. The third-order valence-electron chi connectivity index (χ3n) is 2.55. The molecule has 2 heterocycles. The van der Waals surface area contributed by atoms with Crippen molar-refractivity contribution in [2.75, 3.05) is 14.2 Å². The molecule has 104 valence electrons. The van der Waals surface area contributed by atoms with Gasteiger partial charge in [-0.05, 0) is 31.5 Å². The summed E-state index contributed by atoms with van der Waals surface area (Å²) in [5.74, 6) is 0.237. The first-order valence-corrected chi connectivity index (χ1v) is 6.24. The Bertz CT molecular complexity index is 547. The molecule has 0 amide bonds. The first-order chi connectivity index (χ1) is 9.10. The number of methoxy groups -OCH3 is 1. The number of fused-ring (bicyclic) bond motifs is 1. The summed E-state index contributed by atoms with van der Waals surface area (Å²) < 4.78 is 6.60. The van der Waals surface area contributed by atoms with Gasteiger partial charge in [-0.3, -0.25) is 0 Å². The minimum Gasteiger partial charge on any atom is -0.465 e. The predicted molar refractivity (Wildman–Crippen MR) is 75.2 cm³/mol. The number of pyridine rings is 1. The fourth-order valence-electron chi connectivity index (χ4n) is 1.80. The lowest BCUT2D eigenvalue weighted by Crippen LogP contribution is -2.01. The second kappa shape index (κ2) is 6.89. The minimum absolute atomic E-state index is 0.332. The van der Waals surface area contributed by atoms with Crippen LogP contribution in [0.5, 0.6) is 0 Å². The summed E-state index contributed by atoms with van der Waals surface area (Å²) in [5, 5.41) is 0. The third-order valence-corrected chi connectivity index (χ3v) is 2.55. The summed E-state index contributed by atoms with van der Waals surface area (Å²) in [4.78, 5) is 15.9. The van der Waals surface area contributed by atoms with Crippen molar-refractivity contribution in [1.29, 1.82) is 0 Å². The van der Waals surface area contributed by atoms with E-state index < -0.39 is 0 Å². The van der Waals surface area contributed by atoms with Crippen LogP contribution < -0.4 is 5.73 Å². The van der Waals surface area contributed by atoms with Gasteiger partial charge in [0.2, 0.25) is 0 Å². The zero-order chi connectivity index (χ0) is 14.4. The van der Waals surface area contributed by atoms with Gasteiger partial charge in [0.15, 0.2) is 0 Å². The van der Waals surface area contributed by atoms with Crippen molar-refractivity contribution < 1.29 is 9.53 Å². The Hall–Kier alpha value is -1.88. The molecule has 2 aromatic rings. The maximum atomic E-state index is 11.4. The number of ether oxygens (including phenoxy) is 1. The lowest BCUT2D eigenvalue weighted by atomic mass is 10.1. The zero-order valence-corrected chi connectivity index (χ0v) is 11.9. The Kier molecular flexibility index (Phi) is 5.51. The van der Waals surface area contributed by atoms with Crippen LogP contribution in [0.4, 0.5) is 0 Å². The molecule has 0 spiro atoms. The van der Waals surface area contributed by atoms with Crippen LogP contribution in [0.2, 0.25) is 0 Å². The molecule has 0 aliphatic heterocycles. The molecule has 0 aliphatic rings. The molecule has 5 heteroatoms. The molecular formula is C14H21N3O2. The fourth-order valence-corrected chi connectivity index (χ4v) is 1.80. The number of nitrogens with zero attached hydrogens (tertiary/aromatic N) is 2. The molecule has 0 atom stereocenters. The van der Waals surface area contributed by atoms with Crippen molar-refractivity contribution in [2.45, 2.75) is 20.3 Å². The average Bonchev–Trinajstić information content (AvgIpc) is 2.80. The highest BCUT2D eigenvalue weighted by Gasteiger charge is 2.08. The Labute approximate surface area is 113 Å². The lowest BCUT2D eigenvalue weighted by molar-refractivity contribution is 0.0600. The normalized spacial score (nSPS) is 10.2. The van der Waals surface area contributed by atoms with Crippen LogP contribution in [0.1, 0.15) is 29.9 Å². The van der Waals surface area contributed by atoms with Crippen LogP contribution in [0.3, 0.4) is 0 Å². The molecular weight excluding hydrogens is 242 g/mol. The first-order valence-electron chi connectivity index (χ1n) is 6.24. The second-order valence-electron chi connectivity index (χ2n) is 4.50. The molecule has 0 unspecified atom stereocenters. The van der Waals surface area contributed by atoms with E-state index >= 15 is 0 Å². The van der Waals surface area contributed by atoms with Gasteiger partial charge in [-0.2, -0.15) is 0 Å². The Morgan fingerprint density at radius 3 is 2.74 bits per heavy atom. The van der Waals surface area contributed by atoms with Crippen molar-refractivity contribution in [2.24, 2.45) is 11.7 Å². The molecule has 0 aromatic carbocycles. The first kappa shape index (κ1) is 15.2. The molecule has 19 heavy (non-hydrogen) atoms. The SMILES string of the molecule is CN.COC(=O)c1ccn2cc(CC(C)C)nc2c1. The minimum atomic E-state index is -0.332. The van der Waals surface area contributed by atoms with Crippen molar-refractivity contribution >= 4 is 11.6 Å². The fraction of sp³-hybridized carbons (Fsp3) is 0.429. The van der Waals surface area contributed by atoms with Gasteiger partial charge in [0.1, 0.15) is 5.65 Å². The van der Waals surface area contributed by atoms with Crippen LogP contribution >= 0.6 is 0 Å². The van der Waals surface area contributed by atoms with E-state index in [0.29, 0.717) is 11.5 Å². The molecule has 2 N–H and O–H groups in total. The summed E-state index contributed by atoms with van der Waals surface area (Å²) in [5.41, 5.74) is 6.85. The number of carbonyl (C=O) groups is 1. The second-order valence-corrected chi connectivity index (χ2v) is 4.50. The maximum Gasteiger partial charge on any atom is 0.338 e. The van der Waals surface area contributed by atoms with Crippen molar-refractivity contribution in [3.63, 3.8) is 0 Å². The number of hydrogen-bond donors (Lipinski definition) is 1. The van der Waals surface area contributed by atoms with E-state index in [-0.39, 0.29) is 5.97 Å². The molecule has 5 nitrogen and oxygen atoms in total. The Morgan fingerprint density at radius 1 is 1.47 bits per heavy atom. The van der Waals surface area contributed by atoms with Crippen molar-refractivity contribution in [3.8, 4) is 0 Å². The number of aromatic nitrogens is 2. The predicted octanol–water partition coefficient (Wildman–Crippen LogP) is 1.89. The highest BCUT2D eigenvalue weighted by molar-refractivity contribution is 5.90. The number of esters is 1. The topological polar surface area (TPSA) is 69.6 Å². The van der Waals surface area contributed by atoms with E-state index in [0.717, 1.165) is 17.8 Å². The Balaban J connectivity index is 0.000000861. The van der Waals surface area contributed by atoms with E-state index in [1.54, 1.807) is 12.1 Å². The molecule has 2 rings (SSSR count). The quantitative estimate of drug-likeness (QED) is 0.859. The van der Waals surface area contributed by atoms with E-state index in [1.165, 1.54) is 14.2 Å². The smallest absolute Gasteiger partial charge is 0.338 e. The van der Waals surface area contributed by atoms with Gasteiger partial charge in [0.25, 0.3) is 0 Å². The van der Waals surface area contributed by atoms with Crippen LogP contribution in [-0.4, -0.2) is 29.5 Å². The molecule has 0 saturated carbocycles. The van der Waals surface area contributed by atoms with Gasteiger partial charge < -0.3 is 14.9 Å². The average molecular weight is 263 g/mol. The molecule has 0 saturated heterocycles. The number of nitrogens with two attached hydrogens (primary N) is 1. The summed E-state index contributed by atoms with van der Waals surface area (Å²) in [6, 6.07) is 3.48. The van der Waals surface area contributed by atoms with Crippen molar-refractivity contribution in [3.05, 3.63) is 35.8 Å². The number of imidazole rings is 1. The van der Waals surface area contributed by atoms with Crippen molar-refractivity contribution in [1.82, 2.24) is 9.38 Å². The molecule has 0 fully saturated rings. The number of carbonyl (C=O) groups excluding carboxylic acids is 1. The highest BCUT2D eigenvalue weighted by atomic mass is 16.5. The molecule has 0 aliphatic carbocycles. The van der Waals surface area contributed by atoms with E-state index in [4.69, 9.17) is 0 Å². The van der Waals surface area contributed by atoms with Gasteiger partial charge >= 0.3 is 5.97 Å². The number of rotatable bonds is 3. The van der Waals surface area contributed by atoms with Crippen LogP contribution in [-0.2, 0) is 11.2 Å². The largest absolute Gasteiger partial charge is 0.465 e. The van der Waals surface area contributed by atoms with Crippen LogP contribution in [0.25, 0.3) is 5.65 Å².